The van der Waals surface area contributed by atoms with Crippen molar-refractivity contribution in [1.82, 2.24) is 9.13 Å². The average Bonchev–Trinajstić information content (AvgIpc) is 3.71. The third kappa shape index (κ3) is 4.57. The lowest BCUT2D eigenvalue weighted by molar-refractivity contribution is 1.04. The van der Waals surface area contributed by atoms with Crippen molar-refractivity contribution < 1.29 is 0 Å². The normalized spacial score (nSPS) is 13.1. The minimum absolute atomic E-state index is 1.10. The SMILES string of the molecule is C1=CC(c2ccc(-n3c4ccccc4c4cccc(-c5ccc6c(c5)c5ccccc5n6-c5cccc(-c6ccccc6)c5)c43)cc2)=CCC1. The first-order chi connectivity index (χ1) is 24.8. The number of nitrogens with zero attached hydrogens (tertiary/aromatic N) is 2. The van der Waals surface area contributed by atoms with E-state index in [1.165, 1.54) is 82.7 Å². The Hall–Kier alpha value is -6.38. The van der Waals surface area contributed by atoms with E-state index < -0.39 is 0 Å². The summed E-state index contributed by atoms with van der Waals surface area (Å²) in [5, 5.41) is 5.03. The quantitative estimate of drug-likeness (QED) is 0.178. The van der Waals surface area contributed by atoms with Gasteiger partial charge in [0.15, 0.2) is 0 Å². The van der Waals surface area contributed by atoms with Gasteiger partial charge in [0.05, 0.1) is 22.1 Å². The smallest absolute Gasteiger partial charge is 0.0619 e. The Kier molecular flexibility index (Phi) is 6.67. The highest BCUT2D eigenvalue weighted by Gasteiger charge is 2.19. The zero-order valence-electron chi connectivity index (χ0n) is 27.6. The van der Waals surface area contributed by atoms with Gasteiger partial charge in [0.2, 0.25) is 0 Å². The Morgan fingerprint density at radius 3 is 1.84 bits per heavy atom. The molecule has 236 valence electrons. The van der Waals surface area contributed by atoms with Crippen LogP contribution < -0.4 is 0 Å². The third-order valence-corrected chi connectivity index (χ3v) is 10.3. The van der Waals surface area contributed by atoms with Crippen molar-refractivity contribution >= 4 is 49.2 Å². The van der Waals surface area contributed by atoms with Crippen LogP contribution in [0.5, 0.6) is 0 Å². The molecule has 0 spiro atoms. The molecule has 0 fully saturated rings. The number of hydrogen-bond acceptors (Lipinski definition) is 0. The molecule has 50 heavy (non-hydrogen) atoms. The Morgan fingerprint density at radius 2 is 1.04 bits per heavy atom. The predicted molar refractivity (Wildman–Crippen MR) is 212 cm³/mol. The Bertz CT molecular complexity index is 2790. The summed E-state index contributed by atoms with van der Waals surface area (Å²) in [5.41, 5.74) is 14.6. The zero-order chi connectivity index (χ0) is 33.0. The van der Waals surface area contributed by atoms with E-state index in [9.17, 15) is 0 Å². The maximum atomic E-state index is 2.46. The van der Waals surface area contributed by atoms with E-state index in [1.807, 2.05) is 0 Å². The van der Waals surface area contributed by atoms with Crippen LogP contribution in [-0.4, -0.2) is 9.13 Å². The lowest BCUT2D eigenvalue weighted by Crippen LogP contribution is -1.96. The first-order valence-electron chi connectivity index (χ1n) is 17.5. The molecule has 2 heterocycles. The van der Waals surface area contributed by atoms with Crippen LogP contribution in [0.15, 0.2) is 182 Å². The first kappa shape index (κ1) is 28.6. The molecule has 0 saturated heterocycles. The van der Waals surface area contributed by atoms with Gasteiger partial charge in [-0.25, -0.2) is 0 Å². The molecule has 0 radical (unpaired) electrons. The van der Waals surface area contributed by atoms with Crippen molar-refractivity contribution in [2.75, 3.05) is 0 Å². The van der Waals surface area contributed by atoms with Crippen LogP contribution in [0.25, 0.3) is 82.8 Å². The fraction of sp³-hybridized carbons (Fsp3) is 0.0417. The standard InChI is InChI=1S/C48H34N2/c1-3-13-33(14-4-1)35-25-28-38(29-26-35)50-46-24-10-7-19-41(46)43-22-12-21-40(48(43)50)37-27-30-47-44(32-37)42-20-8-9-23-45(42)49(47)39-18-11-17-36(31-39)34-15-5-2-6-16-34/h2-3,5-32H,1,4H2. The summed E-state index contributed by atoms with van der Waals surface area (Å²) < 4.78 is 4.87. The van der Waals surface area contributed by atoms with Gasteiger partial charge < -0.3 is 9.13 Å². The van der Waals surface area contributed by atoms with Gasteiger partial charge in [-0.05, 0) is 89.2 Å². The number of rotatable bonds is 5. The highest BCUT2D eigenvalue weighted by molar-refractivity contribution is 6.15. The summed E-state index contributed by atoms with van der Waals surface area (Å²) in [6, 6.07) is 60.0. The van der Waals surface area contributed by atoms with Gasteiger partial charge in [-0.1, -0.05) is 133 Å². The Labute approximate surface area is 291 Å². The molecule has 0 unspecified atom stereocenters. The number of allylic oxidation sites excluding steroid dienone is 4. The van der Waals surface area contributed by atoms with Gasteiger partial charge in [0, 0.05) is 38.5 Å². The van der Waals surface area contributed by atoms with E-state index in [0.29, 0.717) is 0 Å². The molecule has 1 aliphatic carbocycles. The number of hydrogen-bond donors (Lipinski definition) is 0. The van der Waals surface area contributed by atoms with Gasteiger partial charge >= 0.3 is 0 Å². The lowest BCUT2D eigenvalue weighted by atomic mass is 9.99. The number of para-hydroxylation sites is 3. The molecular formula is C48H34N2. The second-order valence-corrected chi connectivity index (χ2v) is 13.2. The third-order valence-electron chi connectivity index (χ3n) is 10.3. The molecule has 2 aromatic heterocycles. The van der Waals surface area contributed by atoms with E-state index in [2.05, 4.69) is 191 Å². The van der Waals surface area contributed by atoms with E-state index in [-0.39, 0.29) is 0 Å². The van der Waals surface area contributed by atoms with Crippen LogP contribution in [0.3, 0.4) is 0 Å². The first-order valence-corrected chi connectivity index (χ1v) is 17.5. The maximum Gasteiger partial charge on any atom is 0.0619 e. The fourth-order valence-corrected chi connectivity index (χ4v) is 8.02. The topological polar surface area (TPSA) is 9.86 Å². The largest absolute Gasteiger partial charge is 0.309 e. The van der Waals surface area contributed by atoms with Crippen LogP contribution in [0.2, 0.25) is 0 Å². The summed E-state index contributed by atoms with van der Waals surface area (Å²) >= 11 is 0. The summed E-state index contributed by atoms with van der Waals surface area (Å²) in [5.74, 6) is 0. The van der Waals surface area contributed by atoms with Crippen molar-refractivity contribution in [2.45, 2.75) is 12.8 Å². The summed E-state index contributed by atoms with van der Waals surface area (Å²) in [6.07, 6.45) is 9.11. The van der Waals surface area contributed by atoms with Crippen LogP contribution >= 0.6 is 0 Å². The predicted octanol–water partition coefficient (Wildman–Crippen LogP) is 12.9. The van der Waals surface area contributed by atoms with Gasteiger partial charge in [-0.15, -0.1) is 0 Å². The van der Waals surface area contributed by atoms with E-state index in [1.54, 1.807) is 0 Å². The lowest BCUT2D eigenvalue weighted by Gasteiger charge is -2.14. The molecule has 0 amide bonds. The molecule has 0 N–H and O–H groups in total. The van der Waals surface area contributed by atoms with E-state index >= 15 is 0 Å². The van der Waals surface area contributed by atoms with Gasteiger partial charge in [0.1, 0.15) is 0 Å². The Balaban J connectivity index is 1.17. The highest BCUT2D eigenvalue weighted by atomic mass is 15.0. The van der Waals surface area contributed by atoms with Crippen molar-refractivity contribution in [3.63, 3.8) is 0 Å². The average molecular weight is 639 g/mol. The van der Waals surface area contributed by atoms with E-state index in [4.69, 9.17) is 0 Å². The number of benzene rings is 7. The molecule has 9 aromatic rings. The second kappa shape index (κ2) is 11.6. The molecule has 0 aliphatic heterocycles. The number of fused-ring (bicyclic) bond motifs is 6. The number of aromatic nitrogens is 2. The Morgan fingerprint density at radius 1 is 0.380 bits per heavy atom. The molecule has 2 nitrogen and oxygen atoms in total. The fourth-order valence-electron chi connectivity index (χ4n) is 8.02. The van der Waals surface area contributed by atoms with Crippen molar-refractivity contribution in [3.05, 3.63) is 188 Å². The van der Waals surface area contributed by atoms with Crippen LogP contribution in [0.1, 0.15) is 18.4 Å². The summed E-state index contributed by atoms with van der Waals surface area (Å²) in [7, 11) is 0. The van der Waals surface area contributed by atoms with Crippen molar-refractivity contribution in [3.8, 4) is 33.6 Å². The minimum Gasteiger partial charge on any atom is -0.309 e. The second-order valence-electron chi connectivity index (χ2n) is 13.2. The van der Waals surface area contributed by atoms with Crippen molar-refractivity contribution in [2.24, 2.45) is 0 Å². The maximum absolute atomic E-state index is 2.46. The van der Waals surface area contributed by atoms with Gasteiger partial charge in [-0.2, -0.15) is 0 Å². The van der Waals surface area contributed by atoms with Gasteiger partial charge in [0.25, 0.3) is 0 Å². The highest BCUT2D eigenvalue weighted by Crippen LogP contribution is 2.41. The zero-order valence-corrected chi connectivity index (χ0v) is 27.6. The van der Waals surface area contributed by atoms with E-state index in [0.717, 1.165) is 18.5 Å². The molecule has 2 heteroatoms. The molecular weight excluding hydrogens is 605 g/mol. The van der Waals surface area contributed by atoms with Crippen molar-refractivity contribution in [1.29, 1.82) is 0 Å². The summed E-state index contributed by atoms with van der Waals surface area (Å²) in [6.45, 7) is 0. The van der Waals surface area contributed by atoms with Gasteiger partial charge in [-0.3, -0.25) is 0 Å². The molecule has 1 aliphatic rings. The molecule has 7 aromatic carbocycles. The van der Waals surface area contributed by atoms with Crippen LogP contribution in [0.4, 0.5) is 0 Å². The molecule has 0 bridgehead atoms. The monoisotopic (exact) mass is 638 g/mol. The van der Waals surface area contributed by atoms with Crippen LogP contribution in [0, 0.1) is 0 Å². The minimum atomic E-state index is 1.10. The molecule has 0 saturated carbocycles. The van der Waals surface area contributed by atoms with Crippen LogP contribution in [-0.2, 0) is 0 Å². The molecule has 0 atom stereocenters. The summed E-state index contributed by atoms with van der Waals surface area (Å²) in [4.78, 5) is 0. The molecule has 10 rings (SSSR count).